The van der Waals surface area contributed by atoms with E-state index >= 15 is 0 Å². The highest BCUT2D eigenvalue weighted by molar-refractivity contribution is 5.53. The fourth-order valence-electron chi connectivity index (χ4n) is 2.88. The lowest BCUT2D eigenvalue weighted by Crippen LogP contribution is -2.30. The molecular weight excluding hydrogens is 288 g/mol. The van der Waals surface area contributed by atoms with E-state index in [1.54, 1.807) is 12.6 Å². The third kappa shape index (κ3) is 3.00. The van der Waals surface area contributed by atoms with E-state index in [1.165, 1.54) is 11.1 Å². The molecule has 0 amide bonds. The molecular formula is C18H18N4O. The van der Waals surface area contributed by atoms with Gasteiger partial charge in [-0.05, 0) is 31.0 Å². The molecule has 1 aliphatic rings. The number of aromatic nitrogens is 3. The molecule has 0 N–H and O–H groups in total. The lowest BCUT2D eigenvalue weighted by molar-refractivity contribution is 0.238. The van der Waals surface area contributed by atoms with E-state index in [4.69, 9.17) is 4.42 Å². The van der Waals surface area contributed by atoms with E-state index in [0.29, 0.717) is 5.89 Å². The molecule has 0 saturated carbocycles. The summed E-state index contributed by atoms with van der Waals surface area (Å²) in [5.41, 5.74) is 5.57. The molecule has 0 radical (unpaired) electrons. The number of fused-ring (bicyclic) bond motifs is 1. The van der Waals surface area contributed by atoms with Crippen LogP contribution in [0.25, 0.3) is 11.5 Å². The molecule has 116 valence electrons. The SMILES string of the molecule is Cc1ccc(-c2nc(CN3CCc4cncnc4C3)co2)cc1. The van der Waals surface area contributed by atoms with Gasteiger partial charge in [-0.15, -0.1) is 0 Å². The van der Waals surface area contributed by atoms with Crippen molar-refractivity contribution in [1.82, 2.24) is 19.9 Å². The first-order valence-corrected chi connectivity index (χ1v) is 7.79. The number of aryl methyl sites for hydroxylation is 1. The van der Waals surface area contributed by atoms with Crippen LogP contribution in [-0.2, 0) is 19.5 Å². The Hall–Kier alpha value is -2.53. The molecule has 23 heavy (non-hydrogen) atoms. The minimum absolute atomic E-state index is 0.680. The average Bonchev–Trinajstić information content (AvgIpc) is 3.04. The Labute approximate surface area is 135 Å². The highest BCUT2D eigenvalue weighted by Gasteiger charge is 2.18. The number of hydrogen-bond donors (Lipinski definition) is 0. The van der Waals surface area contributed by atoms with Crippen molar-refractivity contribution < 1.29 is 4.42 Å². The van der Waals surface area contributed by atoms with Gasteiger partial charge in [0.1, 0.15) is 12.6 Å². The zero-order valence-corrected chi connectivity index (χ0v) is 13.1. The van der Waals surface area contributed by atoms with Gasteiger partial charge in [0.15, 0.2) is 0 Å². The van der Waals surface area contributed by atoms with Crippen LogP contribution >= 0.6 is 0 Å². The van der Waals surface area contributed by atoms with Crippen LogP contribution < -0.4 is 0 Å². The van der Waals surface area contributed by atoms with Crippen molar-refractivity contribution in [3.05, 3.63) is 65.6 Å². The molecule has 0 bridgehead atoms. The van der Waals surface area contributed by atoms with E-state index in [0.717, 1.165) is 43.0 Å². The molecule has 5 nitrogen and oxygen atoms in total. The average molecular weight is 306 g/mol. The minimum atomic E-state index is 0.680. The molecule has 1 aromatic carbocycles. The monoisotopic (exact) mass is 306 g/mol. The summed E-state index contributed by atoms with van der Waals surface area (Å²) in [4.78, 5) is 15.4. The van der Waals surface area contributed by atoms with Crippen LogP contribution in [0.15, 0.2) is 47.5 Å². The van der Waals surface area contributed by atoms with Gasteiger partial charge in [0.2, 0.25) is 5.89 Å². The van der Waals surface area contributed by atoms with Crippen molar-refractivity contribution in [2.24, 2.45) is 0 Å². The fourth-order valence-corrected chi connectivity index (χ4v) is 2.88. The van der Waals surface area contributed by atoms with Crippen LogP contribution in [0.4, 0.5) is 0 Å². The summed E-state index contributed by atoms with van der Waals surface area (Å²) in [6.07, 6.45) is 6.28. The van der Waals surface area contributed by atoms with Crippen LogP contribution in [0.1, 0.15) is 22.5 Å². The molecule has 0 atom stereocenters. The van der Waals surface area contributed by atoms with Gasteiger partial charge in [0.05, 0.1) is 11.4 Å². The maximum atomic E-state index is 5.64. The number of hydrogen-bond acceptors (Lipinski definition) is 5. The predicted molar refractivity (Wildman–Crippen MR) is 86.5 cm³/mol. The van der Waals surface area contributed by atoms with Crippen molar-refractivity contribution in [1.29, 1.82) is 0 Å². The molecule has 0 spiro atoms. The van der Waals surface area contributed by atoms with E-state index in [2.05, 4.69) is 38.9 Å². The third-order valence-corrected chi connectivity index (χ3v) is 4.19. The highest BCUT2D eigenvalue weighted by Crippen LogP contribution is 2.21. The van der Waals surface area contributed by atoms with Gasteiger partial charge in [-0.3, -0.25) is 4.90 Å². The number of nitrogens with zero attached hydrogens (tertiary/aromatic N) is 4. The van der Waals surface area contributed by atoms with Crippen LogP contribution in [0, 0.1) is 6.92 Å². The summed E-state index contributed by atoms with van der Waals surface area (Å²) in [6, 6.07) is 8.22. The van der Waals surface area contributed by atoms with Crippen molar-refractivity contribution in [3.63, 3.8) is 0 Å². The first kappa shape index (κ1) is 14.1. The molecule has 0 fully saturated rings. The van der Waals surface area contributed by atoms with Crippen molar-refractivity contribution in [2.75, 3.05) is 6.54 Å². The summed E-state index contributed by atoms with van der Waals surface area (Å²) >= 11 is 0. The minimum Gasteiger partial charge on any atom is -0.444 e. The Morgan fingerprint density at radius 1 is 1.22 bits per heavy atom. The second kappa shape index (κ2) is 5.93. The lowest BCUT2D eigenvalue weighted by Gasteiger charge is -2.26. The normalized spacial score (nSPS) is 14.7. The van der Waals surface area contributed by atoms with Gasteiger partial charge in [-0.2, -0.15) is 0 Å². The Kier molecular flexibility index (Phi) is 3.63. The molecule has 5 heteroatoms. The van der Waals surface area contributed by atoms with Gasteiger partial charge in [-0.25, -0.2) is 15.0 Å². The lowest BCUT2D eigenvalue weighted by atomic mass is 10.1. The number of rotatable bonds is 3. The summed E-state index contributed by atoms with van der Waals surface area (Å²) in [5, 5.41) is 0. The molecule has 0 unspecified atom stereocenters. The van der Waals surface area contributed by atoms with Crippen molar-refractivity contribution in [2.45, 2.75) is 26.4 Å². The highest BCUT2D eigenvalue weighted by atomic mass is 16.3. The molecule has 3 aromatic rings. The van der Waals surface area contributed by atoms with Crippen LogP contribution in [0.3, 0.4) is 0 Å². The van der Waals surface area contributed by atoms with E-state index < -0.39 is 0 Å². The quantitative estimate of drug-likeness (QED) is 0.744. The van der Waals surface area contributed by atoms with E-state index in [1.807, 2.05) is 18.3 Å². The standard InChI is InChI=1S/C18H18N4O/c1-13-2-4-14(5-3-13)18-21-16(11-23-18)9-22-7-6-15-8-19-12-20-17(15)10-22/h2-5,8,11-12H,6-7,9-10H2,1H3. The van der Waals surface area contributed by atoms with Gasteiger partial charge in [0, 0.05) is 31.4 Å². The van der Waals surface area contributed by atoms with Crippen molar-refractivity contribution in [3.8, 4) is 11.5 Å². The molecule has 2 aromatic heterocycles. The largest absolute Gasteiger partial charge is 0.444 e. The Balaban J connectivity index is 1.47. The summed E-state index contributed by atoms with van der Waals surface area (Å²) in [6.45, 7) is 4.68. The first-order chi connectivity index (χ1) is 11.3. The first-order valence-electron chi connectivity index (χ1n) is 7.79. The Morgan fingerprint density at radius 2 is 2.09 bits per heavy atom. The van der Waals surface area contributed by atoms with Gasteiger partial charge in [0.25, 0.3) is 0 Å². The van der Waals surface area contributed by atoms with Crippen LogP contribution in [0.2, 0.25) is 0 Å². The van der Waals surface area contributed by atoms with E-state index in [9.17, 15) is 0 Å². The molecule has 0 saturated heterocycles. The second-order valence-corrected chi connectivity index (χ2v) is 5.97. The van der Waals surface area contributed by atoms with Crippen LogP contribution in [-0.4, -0.2) is 26.4 Å². The van der Waals surface area contributed by atoms with Crippen LogP contribution in [0.5, 0.6) is 0 Å². The molecule has 4 rings (SSSR count). The van der Waals surface area contributed by atoms with Crippen molar-refractivity contribution >= 4 is 0 Å². The Morgan fingerprint density at radius 3 is 2.96 bits per heavy atom. The van der Waals surface area contributed by atoms with Gasteiger partial charge < -0.3 is 4.42 Å². The maximum absolute atomic E-state index is 5.64. The fraction of sp³-hybridized carbons (Fsp3) is 0.278. The smallest absolute Gasteiger partial charge is 0.226 e. The Bertz CT molecular complexity index is 810. The van der Waals surface area contributed by atoms with Gasteiger partial charge in [-0.1, -0.05) is 17.7 Å². The summed E-state index contributed by atoms with van der Waals surface area (Å²) in [7, 11) is 0. The second-order valence-electron chi connectivity index (χ2n) is 5.97. The van der Waals surface area contributed by atoms with Gasteiger partial charge >= 0.3 is 0 Å². The molecule has 3 heterocycles. The van der Waals surface area contributed by atoms with E-state index in [-0.39, 0.29) is 0 Å². The number of oxazole rings is 1. The predicted octanol–water partition coefficient (Wildman–Crippen LogP) is 3.00. The summed E-state index contributed by atoms with van der Waals surface area (Å²) in [5.74, 6) is 0.680. The topological polar surface area (TPSA) is 55.1 Å². The third-order valence-electron chi connectivity index (χ3n) is 4.19. The molecule has 1 aliphatic heterocycles. The zero-order valence-electron chi connectivity index (χ0n) is 13.1. The number of benzene rings is 1. The summed E-state index contributed by atoms with van der Waals surface area (Å²) < 4.78 is 5.64. The zero-order chi connectivity index (χ0) is 15.6. The molecule has 0 aliphatic carbocycles. The maximum Gasteiger partial charge on any atom is 0.226 e.